The van der Waals surface area contributed by atoms with Gasteiger partial charge in [-0.3, -0.25) is 0 Å². The smallest absolute Gasteiger partial charge is 0.416 e. The third-order valence-corrected chi connectivity index (χ3v) is 13.6. The SMILES string of the molecule is CCOc1cc(OCc2ccc(OC)cc2)ncc1-c1ncc(NC(=O)Nc2ccc(CC(C)(C)CO[Si](C)(C)C(C)(C)C)c(C(F)(F)F)c2)c(C)n1. The van der Waals surface area contributed by atoms with E-state index in [-0.39, 0.29) is 35.0 Å². The molecule has 0 unspecified atom stereocenters. The molecular weight excluding hydrogens is 704 g/mol. The van der Waals surface area contributed by atoms with Crippen LogP contribution in [-0.4, -0.2) is 49.6 Å². The molecule has 0 atom stereocenters. The number of aryl methyl sites for hydroxylation is 1. The van der Waals surface area contributed by atoms with E-state index in [0.717, 1.165) is 17.4 Å². The predicted molar refractivity (Wildman–Crippen MR) is 203 cm³/mol. The molecule has 53 heavy (non-hydrogen) atoms. The van der Waals surface area contributed by atoms with Crippen molar-refractivity contribution >= 4 is 25.7 Å². The summed E-state index contributed by atoms with van der Waals surface area (Å²) in [6.45, 7) is 18.9. The Hall–Kier alpha value is -4.69. The van der Waals surface area contributed by atoms with Crippen LogP contribution in [-0.2, 0) is 23.6 Å². The van der Waals surface area contributed by atoms with Crippen molar-refractivity contribution in [2.24, 2.45) is 5.41 Å². The lowest BCUT2D eigenvalue weighted by molar-refractivity contribution is -0.138. The van der Waals surface area contributed by atoms with Crippen molar-refractivity contribution in [1.82, 2.24) is 15.0 Å². The van der Waals surface area contributed by atoms with Crippen LogP contribution in [0.5, 0.6) is 17.4 Å². The molecule has 0 aliphatic heterocycles. The quantitative estimate of drug-likeness (QED) is 0.122. The van der Waals surface area contributed by atoms with Crippen molar-refractivity contribution in [3.8, 4) is 28.8 Å². The molecule has 0 aliphatic carbocycles. The number of alkyl halides is 3. The van der Waals surface area contributed by atoms with E-state index in [1.165, 1.54) is 18.3 Å². The van der Waals surface area contributed by atoms with Crippen molar-refractivity contribution in [3.05, 3.63) is 83.3 Å². The highest BCUT2D eigenvalue weighted by Crippen LogP contribution is 2.40. The van der Waals surface area contributed by atoms with E-state index < -0.39 is 31.5 Å². The van der Waals surface area contributed by atoms with E-state index in [9.17, 15) is 18.0 Å². The van der Waals surface area contributed by atoms with Gasteiger partial charge in [0.25, 0.3) is 0 Å². The Kier molecular flexibility index (Phi) is 12.8. The molecule has 4 rings (SSSR count). The number of urea groups is 1. The number of nitrogens with one attached hydrogen (secondary N) is 2. The van der Waals surface area contributed by atoms with Crippen LogP contribution in [0.4, 0.5) is 29.3 Å². The lowest BCUT2D eigenvalue weighted by atomic mass is 9.85. The number of methoxy groups -OCH3 is 1. The molecule has 2 aromatic heterocycles. The highest BCUT2D eigenvalue weighted by atomic mass is 28.4. The maximum atomic E-state index is 14.3. The summed E-state index contributed by atoms with van der Waals surface area (Å²) in [7, 11) is -0.487. The fraction of sp³-hybridized carbons (Fsp3) is 0.436. The van der Waals surface area contributed by atoms with E-state index in [1.54, 1.807) is 26.3 Å². The number of anilines is 2. The number of carbonyl (C=O) groups excluding carboxylic acids is 1. The topological polar surface area (TPSA) is 117 Å². The number of hydrogen-bond acceptors (Lipinski definition) is 8. The summed E-state index contributed by atoms with van der Waals surface area (Å²) in [5.74, 6) is 1.85. The van der Waals surface area contributed by atoms with Gasteiger partial charge in [-0.2, -0.15) is 13.2 Å². The molecule has 2 heterocycles. The van der Waals surface area contributed by atoms with Gasteiger partial charge in [-0.05, 0) is 79.2 Å². The number of ether oxygens (including phenoxy) is 3. The van der Waals surface area contributed by atoms with Gasteiger partial charge in [0.05, 0.1) is 42.4 Å². The molecule has 14 heteroatoms. The summed E-state index contributed by atoms with van der Waals surface area (Å²) in [5.41, 5.74) is 0.886. The van der Waals surface area contributed by atoms with Crippen LogP contribution in [0.2, 0.25) is 18.1 Å². The number of amides is 2. The first-order valence-corrected chi connectivity index (χ1v) is 20.3. The Balaban J connectivity index is 1.44. The standard InChI is InChI=1S/C39H50F3N5O5Si/c1-11-50-33-19-34(51-23-26-12-16-29(49-8)17-13-26)43-21-30(33)35-44-22-32(25(2)45-35)47-36(48)46-28-15-14-27(31(18-28)39(40,41)42)20-38(6,7)24-52-53(9,10)37(3,4)5/h12-19,21-22H,11,20,23-24H2,1-10H3,(H2,46,47,48). The third-order valence-electron chi connectivity index (χ3n) is 9.13. The molecule has 0 spiro atoms. The Bertz CT molecular complexity index is 1880. The van der Waals surface area contributed by atoms with Crippen LogP contribution in [0, 0.1) is 12.3 Å². The van der Waals surface area contributed by atoms with Crippen molar-refractivity contribution in [2.45, 2.75) is 85.8 Å². The van der Waals surface area contributed by atoms with Crippen LogP contribution in [0.3, 0.4) is 0 Å². The van der Waals surface area contributed by atoms with Crippen LogP contribution in [0.25, 0.3) is 11.4 Å². The zero-order valence-electron chi connectivity index (χ0n) is 32.1. The Morgan fingerprint density at radius 2 is 1.60 bits per heavy atom. The molecule has 0 bridgehead atoms. The van der Waals surface area contributed by atoms with Gasteiger partial charge >= 0.3 is 12.2 Å². The normalized spacial score (nSPS) is 12.3. The summed E-state index contributed by atoms with van der Waals surface area (Å²) in [6, 6.07) is 12.2. The molecule has 0 aliphatic rings. The van der Waals surface area contributed by atoms with E-state index in [1.807, 2.05) is 45.0 Å². The first-order chi connectivity index (χ1) is 24.7. The maximum Gasteiger partial charge on any atom is 0.416 e. The molecule has 4 aromatic rings. The molecule has 0 radical (unpaired) electrons. The Labute approximate surface area is 311 Å². The van der Waals surface area contributed by atoms with E-state index in [0.29, 0.717) is 41.9 Å². The summed E-state index contributed by atoms with van der Waals surface area (Å²) < 4.78 is 66.1. The molecular formula is C39H50F3N5O5Si. The highest BCUT2D eigenvalue weighted by molar-refractivity contribution is 6.74. The second-order valence-electron chi connectivity index (χ2n) is 15.1. The molecule has 0 fully saturated rings. The number of hydrogen-bond donors (Lipinski definition) is 2. The number of nitrogens with zero attached hydrogens (tertiary/aromatic N) is 3. The van der Waals surface area contributed by atoms with Crippen LogP contribution in [0.15, 0.2) is 60.9 Å². The van der Waals surface area contributed by atoms with Crippen molar-refractivity contribution < 1.29 is 36.6 Å². The van der Waals surface area contributed by atoms with Crippen molar-refractivity contribution in [3.63, 3.8) is 0 Å². The van der Waals surface area contributed by atoms with Gasteiger partial charge in [-0.1, -0.05) is 52.8 Å². The molecule has 0 saturated carbocycles. The zero-order valence-corrected chi connectivity index (χ0v) is 33.1. The maximum absolute atomic E-state index is 14.3. The monoisotopic (exact) mass is 753 g/mol. The average Bonchev–Trinajstić information content (AvgIpc) is 3.07. The fourth-order valence-electron chi connectivity index (χ4n) is 5.06. The first kappa shape index (κ1) is 41.1. The first-order valence-electron chi connectivity index (χ1n) is 17.4. The van der Waals surface area contributed by atoms with E-state index in [4.69, 9.17) is 18.6 Å². The van der Waals surface area contributed by atoms with Crippen molar-refractivity contribution in [2.75, 3.05) is 31.0 Å². The van der Waals surface area contributed by atoms with Gasteiger partial charge in [0, 0.05) is 24.6 Å². The summed E-state index contributed by atoms with van der Waals surface area (Å²) in [5, 5.41) is 5.13. The van der Waals surface area contributed by atoms with Gasteiger partial charge < -0.3 is 29.3 Å². The summed E-state index contributed by atoms with van der Waals surface area (Å²) in [6.07, 6.45) is -1.52. The average molecular weight is 754 g/mol. The van der Waals surface area contributed by atoms with Gasteiger partial charge in [0.2, 0.25) is 5.88 Å². The molecule has 2 aromatic carbocycles. The number of halogens is 3. The minimum absolute atomic E-state index is 0.00849. The number of aromatic nitrogens is 3. The van der Waals surface area contributed by atoms with E-state index >= 15 is 0 Å². The van der Waals surface area contributed by atoms with Crippen LogP contribution < -0.4 is 24.8 Å². The second kappa shape index (κ2) is 16.5. The van der Waals surface area contributed by atoms with Crippen molar-refractivity contribution in [1.29, 1.82) is 0 Å². The second-order valence-corrected chi connectivity index (χ2v) is 19.9. The zero-order chi connectivity index (χ0) is 39.2. The molecule has 286 valence electrons. The summed E-state index contributed by atoms with van der Waals surface area (Å²) >= 11 is 0. The third kappa shape index (κ3) is 11.2. The van der Waals surface area contributed by atoms with Gasteiger partial charge in [-0.25, -0.2) is 19.7 Å². The highest BCUT2D eigenvalue weighted by Gasteiger charge is 2.39. The minimum Gasteiger partial charge on any atom is -0.497 e. The molecule has 2 N–H and O–H groups in total. The number of carbonyl (C=O) groups is 1. The van der Waals surface area contributed by atoms with E-state index in [2.05, 4.69) is 59.5 Å². The molecule has 2 amide bonds. The molecule has 0 saturated heterocycles. The number of rotatable bonds is 14. The lowest BCUT2D eigenvalue weighted by Crippen LogP contribution is -2.43. The molecule has 10 nitrogen and oxygen atoms in total. The van der Waals surface area contributed by atoms with Gasteiger partial charge in [-0.15, -0.1) is 0 Å². The lowest BCUT2D eigenvalue weighted by Gasteiger charge is -2.39. The number of pyridine rings is 1. The van der Waals surface area contributed by atoms with Crippen LogP contribution >= 0.6 is 0 Å². The fourth-order valence-corrected chi connectivity index (χ4v) is 6.24. The predicted octanol–water partition coefficient (Wildman–Crippen LogP) is 10.1. The number of benzene rings is 2. The van der Waals surface area contributed by atoms with Gasteiger partial charge in [0.1, 0.15) is 18.1 Å². The Morgan fingerprint density at radius 1 is 0.906 bits per heavy atom. The largest absolute Gasteiger partial charge is 0.497 e. The minimum atomic E-state index is -4.63. The Morgan fingerprint density at radius 3 is 2.21 bits per heavy atom. The van der Waals surface area contributed by atoms with Gasteiger partial charge in [0.15, 0.2) is 14.1 Å². The summed E-state index contributed by atoms with van der Waals surface area (Å²) in [4.78, 5) is 26.3. The van der Waals surface area contributed by atoms with Crippen LogP contribution in [0.1, 0.15) is 63.9 Å².